The largest absolute Gasteiger partial charge is 0.396 e. The van der Waals surface area contributed by atoms with Crippen molar-refractivity contribution in [3.05, 3.63) is 0 Å². The Morgan fingerprint density at radius 1 is 1.19 bits per heavy atom. The molecule has 5 heteroatoms. The predicted molar refractivity (Wildman–Crippen MR) is 82.7 cm³/mol. The van der Waals surface area contributed by atoms with Crippen LogP contribution in [0.3, 0.4) is 0 Å². The highest BCUT2D eigenvalue weighted by molar-refractivity contribution is 5.87. The predicted octanol–water partition coefficient (Wildman–Crippen LogP) is 1.74. The van der Waals surface area contributed by atoms with Crippen LogP contribution >= 0.6 is 0 Å². The molecule has 1 fully saturated rings. The first-order chi connectivity index (χ1) is 10.1. The second kappa shape index (κ2) is 9.77. The van der Waals surface area contributed by atoms with Crippen LogP contribution in [-0.2, 0) is 9.59 Å². The summed E-state index contributed by atoms with van der Waals surface area (Å²) in [7, 11) is 0. The fourth-order valence-electron chi connectivity index (χ4n) is 2.88. The summed E-state index contributed by atoms with van der Waals surface area (Å²) in [4.78, 5) is 24.0. The highest BCUT2D eigenvalue weighted by Crippen LogP contribution is 2.26. The van der Waals surface area contributed by atoms with Crippen molar-refractivity contribution >= 4 is 11.8 Å². The summed E-state index contributed by atoms with van der Waals surface area (Å²) in [6, 6.07) is -0.547. The summed E-state index contributed by atoms with van der Waals surface area (Å²) in [5.41, 5.74) is 0. The molecule has 2 unspecified atom stereocenters. The molecule has 2 atom stereocenters. The standard InChI is InChI=1S/C16H30N2O3/c1-3-14(9-10-19)18-16(21)12(2)17-15(20)11-13-7-5-4-6-8-13/h12-14,19H,3-11H2,1-2H3,(H,17,20)(H,18,21). The van der Waals surface area contributed by atoms with Crippen molar-refractivity contribution in [2.75, 3.05) is 6.61 Å². The molecule has 0 aromatic carbocycles. The van der Waals surface area contributed by atoms with Crippen molar-refractivity contribution < 1.29 is 14.7 Å². The summed E-state index contributed by atoms with van der Waals surface area (Å²) in [5.74, 6) is 0.277. The molecule has 1 saturated carbocycles. The Balaban J connectivity index is 2.31. The molecule has 1 aliphatic carbocycles. The van der Waals surface area contributed by atoms with Gasteiger partial charge in [0, 0.05) is 19.1 Å². The number of carbonyl (C=O) groups excluding carboxylic acids is 2. The van der Waals surface area contributed by atoms with Gasteiger partial charge in [0.2, 0.25) is 11.8 Å². The quantitative estimate of drug-likeness (QED) is 0.638. The Labute approximate surface area is 127 Å². The fourth-order valence-corrected chi connectivity index (χ4v) is 2.88. The van der Waals surface area contributed by atoms with E-state index >= 15 is 0 Å². The molecular weight excluding hydrogens is 268 g/mol. The van der Waals surface area contributed by atoms with Gasteiger partial charge in [0.1, 0.15) is 6.04 Å². The van der Waals surface area contributed by atoms with E-state index < -0.39 is 6.04 Å². The molecule has 2 amide bonds. The van der Waals surface area contributed by atoms with Crippen molar-refractivity contribution in [1.82, 2.24) is 10.6 Å². The molecule has 21 heavy (non-hydrogen) atoms. The minimum atomic E-state index is -0.520. The first kappa shape index (κ1) is 18.0. The Morgan fingerprint density at radius 3 is 2.43 bits per heavy atom. The number of hydrogen-bond donors (Lipinski definition) is 3. The van der Waals surface area contributed by atoms with Crippen LogP contribution in [0.1, 0.15) is 65.2 Å². The fraction of sp³-hybridized carbons (Fsp3) is 0.875. The first-order valence-electron chi connectivity index (χ1n) is 8.27. The summed E-state index contributed by atoms with van der Waals surface area (Å²) in [6.07, 6.45) is 7.82. The van der Waals surface area contributed by atoms with Crippen molar-refractivity contribution in [2.24, 2.45) is 5.92 Å². The van der Waals surface area contributed by atoms with Gasteiger partial charge >= 0.3 is 0 Å². The Kier molecular flexibility index (Phi) is 8.35. The molecule has 5 nitrogen and oxygen atoms in total. The second-order valence-corrected chi connectivity index (χ2v) is 6.12. The van der Waals surface area contributed by atoms with Gasteiger partial charge in [0.05, 0.1) is 0 Å². The first-order valence-corrected chi connectivity index (χ1v) is 8.27. The molecule has 0 aromatic rings. The molecule has 0 aliphatic heterocycles. The third-order valence-corrected chi connectivity index (χ3v) is 4.29. The van der Waals surface area contributed by atoms with Crippen molar-refractivity contribution in [1.29, 1.82) is 0 Å². The monoisotopic (exact) mass is 298 g/mol. The third kappa shape index (κ3) is 6.93. The molecule has 1 aliphatic rings. The van der Waals surface area contributed by atoms with Gasteiger partial charge in [-0.1, -0.05) is 26.2 Å². The van der Waals surface area contributed by atoms with Crippen LogP contribution in [0.2, 0.25) is 0 Å². The van der Waals surface area contributed by atoms with E-state index in [0.29, 0.717) is 18.8 Å². The zero-order chi connectivity index (χ0) is 15.7. The number of rotatable bonds is 8. The number of hydrogen-bond acceptors (Lipinski definition) is 3. The number of amides is 2. The maximum Gasteiger partial charge on any atom is 0.242 e. The lowest BCUT2D eigenvalue weighted by Gasteiger charge is -2.23. The van der Waals surface area contributed by atoms with E-state index in [9.17, 15) is 9.59 Å². The molecule has 122 valence electrons. The minimum Gasteiger partial charge on any atom is -0.396 e. The zero-order valence-electron chi connectivity index (χ0n) is 13.4. The van der Waals surface area contributed by atoms with Gasteiger partial charge in [0.15, 0.2) is 0 Å². The van der Waals surface area contributed by atoms with E-state index in [1.54, 1.807) is 6.92 Å². The molecule has 0 bridgehead atoms. The second-order valence-electron chi connectivity index (χ2n) is 6.12. The van der Waals surface area contributed by atoms with Crippen LogP contribution in [0.4, 0.5) is 0 Å². The van der Waals surface area contributed by atoms with Crippen LogP contribution in [0, 0.1) is 5.92 Å². The van der Waals surface area contributed by atoms with Crippen LogP contribution in [0.5, 0.6) is 0 Å². The minimum absolute atomic E-state index is 0.0276. The lowest BCUT2D eigenvalue weighted by molar-refractivity contribution is -0.129. The summed E-state index contributed by atoms with van der Waals surface area (Å²) in [6.45, 7) is 3.73. The molecule has 0 heterocycles. The van der Waals surface area contributed by atoms with Gasteiger partial charge in [-0.05, 0) is 38.5 Å². The van der Waals surface area contributed by atoms with Gasteiger partial charge in [-0.15, -0.1) is 0 Å². The van der Waals surface area contributed by atoms with Crippen molar-refractivity contribution in [3.8, 4) is 0 Å². The average molecular weight is 298 g/mol. The van der Waals surface area contributed by atoms with Crippen LogP contribution in [-0.4, -0.2) is 35.6 Å². The van der Waals surface area contributed by atoms with Crippen LogP contribution in [0.15, 0.2) is 0 Å². The molecule has 0 aromatic heterocycles. The third-order valence-electron chi connectivity index (χ3n) is 4.29. The lowest BCUT2D eigenvalue weighted by Crippen LogP contribution is -2.48. The summed E-state index contributed by atoms with van der Waals surface area (Å²) >= 11 is 0. The molecule has 1 rings (SSSR count). The number of carbonyl (C=O) groups is 2. The SMILES string of the molecule is CCC(CCO)NC(=O)C(C)NC(=O)CC1CCCCC1. The maximum absolute atomic E-state index is 12.0. The molecule has 0 radical (unpaired) electrons. The smallest absolute Gasteiger partial charge is 0.242 e. The molecule has 3 N–H and O–H groups in total. The number of nitrogens with one attached hydrogen (secondary N) is 2. The Hall–Kier alpha value is -1.10. The van der Waals surface area contributed by atoms with Crippen LogP contribution in [0.25, 0.3) is 0 Å². The molecule has 0 spiro atoms. The van der Waals surface area contributed by atoms with E-state index in [2.05, 4.69) is 10.6 Å². The molecular formula is C16H30N2O3. The van der Waals surface area contributed by atoms with Gasteiger partial charge in [-0.3, -0.25) is 9.59 Å². The number of aliphatic hydroxyl groups is 1. The van der Waals surface area contributed by atoms with E-state index in [0.717, 1.165) is 19.3 Å². The lowest BCUT2D eigenvalue weighted by atomic mass is 9.87. The van der Waals surface area contributed by atoms with Gasteiger partial charge in [-0.25, -0.2) is 0 Å². The Bertz CT molecular complexity index is 327. The summed E-state index contributed by atoms with van der Waals surface area (Å²) < 4.78 is 0. The average Bonchev–Trinajstić information content (AvgIpc) is 2.47. The van der Waals surface area contributed by atoms with Gasteiger partial charge in [-0.2, -0.15) is 0 Å². The maximum atomic E-state index is 12.0. The topological polar surface area (TPSA) is 78.4 Å². The van der Waals surface area contributed by atoms with Gasteiger partial charge < -0.3 is 15.7 Å². The van der Waals surface area contributed by atoms with Gasteiger partial charge in [0.25, 0.3) is 0 Å². The molecule has 0 saturated heterocycles. The van der Waals surface area contributed by atoms with E-state index in [1.807, 2.05) is 6.92 Å². The highest BCUT2D eigenvalue weighted by Gasteiger charge is 2.21. The van der Waals surface area contributed by atoms with E-state index in [-0.39, 0.29) is 24.5 Å². The van der Waals surface area contributed by atoms with E-state index in [1.165, 1.54) is 19.3 Å². The van der Waals surface area contributed by atoms with Crippen LogP contribution < -0.4 is 10.6 Å². The summed E-state index contributed by atoms with van der Waals surface area (Å²) in [5, 5.41) is 14.6. The normalized spacial score (nSPS) is 18.8. The highest BCUT2D eigenvalue weighted by atomic mass is 16.3. The van der Waals surface area contributed by atoms with Crippen molar-refractivity contribution in [2.45, 2.75) is 77.3 Å². The Morgan fingerprint density at radius 2 is 1.86 bits per heavy atom. The zero-order valence-corrected chi connectivity index (χ0v) is 13.4. The number of aliphatic hydroxyl groups excluding tert-OH is 1. The van der Waals surface area contributed by atoms with Crippen molar-refractivity contribution in [3.63, 3.8) is 0 Å². The van der Waals surface area contributed by atoms with E-state index in [4.69, 9.17) is 5.11 Å².